The zero-order valence-corrected chi connectivity index (χ0v) is 19.3. The molecular formula is C23H22Cl2N2O3S. The van der Waals surface area contributed by atoms with Gasteiger partial charge in [0.25, 0.3) is 5.91 Å². The standard InChI is InChI=1S/C23H22Cl2N2O3S/c1-29-16-4-6-22(7-5-16)12-13-2-3-17(30-18-9-14(24)8-15(25)10-18)11-19(13)23(22)20(28)26-21(31)27-23/h2-3,8-11,16H,4-7,12H2,1H3,(H2,26,27,28,31). The number of carbonyl (C=O) groups excluding carboxylic acids is 1. The molecule has 2 spiro atoms. The van der Waals surface area contributed by atoms with Crippen molar-refractivity contribution in [3.63, 3.8) is 0 Å². The average molecular weight is 477 g/mol. The molecule has 5 rings (SSSR count). The number of ether oxygens (including phenoxy) is 2. The van der Waals surface area contributed by atoms with Crippen LogP contribution in [0.4, 0.5) is 0 Å². The normalized spacial score (nSPS) is 29.2. The van der Waals surface area contributed by atoms with E-state index in [1.165, 1.54) is 0 Å². The highest BCUT2D eigenvalue weighted by molar-refractivity contribution is 7.80. The van der Waals surface area contributed by atoms with Gasteiger partial charge in [0.15, 0.2) is 10.7 Å². The van der Waals surface area contributed by atoms with Crippen molar-refractivity contribution in [2.45, 2.75) is 43.7 Å². The molecule has 1 unspecified atom stereocenters. The fourth-order valence-electron chi connectivity index (χ4n) is 5.58. The van der Waals surface area contributed by atoms with Crippen LogP contribution < -0.4 is 15.4 Å². The molecule has 1 saturated carbocycles. The summed E-state index contributed by atoms with van der Waals surface area (Å²) in [5.74, 6) is 1.07. The molecule has 31 heavy (non-hydrogen) atoms. The SMILES string of the molecule is COC1CCC2(CC1)Cc1ccc(Oc3cc(Cl)cc(Cl)c3)cc1C21NC(=S)NC1=O. The van der Waals surface area contributed by atoms with Crippen LogP contribution in [0, 0.1) is 5.41 Å². The van der Waals surface area contributed by atoms with Crippen LogP contribution in [0.15, 0.2) is 36.4 Å². The van der Waals surface area contributed by atoms with E-state index in [1.807, 2.05) is 18.2 Å². The van der Waals surface area contributed by atoms with Gasteiger partial charge in [-0.1, -0.05) is 29.3 Å². The monoisotopic (exact) mass is 476 g/mol. The van der Waals surface area contributed by atoms with Crippen LogP contribution in [0.3, 0.4) is 0 Å². The zero-order valence-electron chi connectivity index (χ0n) is 17.0. The van der Waals surface area contributed by atoms with E-state index in [9.17, 15) is 4.79 Å². The third-order valence-corrected chi connectivity index (χ3v) is 7.61. The van der Waals surface area contributed by atoms with E-state index in [0.29, 0.717) is 26.7 Å². The van der Waals surface area contributed by atoms with E-state index >= 15 is 0 Å². The lowest BCUT2D eigenvalue weighted by Crippen LogP contribution is -2.56. The maximum atomic E-state index is 13.4. The third-order valence-electron chi connectivity index (χ3n) is 6.97. The smallest absolute Gasteiger partial charge is 0.257 e. The van der Waals surface area contributed by atoms with Crippen LogP contribution in [0.2, 0.25) is 10.0 Å². The van der Waals surface area contributed by atoms with Crippen molar-refractivity contribution in [1.29, 1.82) is 0 Å². The molecule has 0 bridgehead atoms. The Morgan fingerprint density at radius 1 is 1.06 bits per heavy atom. The van der Waals surface area contributed by atoms with Gasteiger partial charge in [-0.25, -0.2) is 0 Å². The highest BCUT2D eigenvalue weighted by Gasteiger charge is 2.65. The fraction of sp³-hybridized carbons (Fsp3) is 0.391. The van der Waals surface area contributed by atoms with Gasteiger partial charge in [-0.15, -0.1) is 0 Å². The molecule has 5 nitrogen and oxygen atoms in total. The van der Waals surface area contributed by atoms with Gasteiger partial charge < -0.3 is 20.1 Å². The van der Waals surface area contributed by atoms with Gasteiger partial charge in [0.2, 0.25) is 0 Å². The number of methoxy groups -OCH3 is 1. The van der Waals surface area contributed by atoms with E-state index in [-0.39, 0.29) is 17.4 Å². The summed E-state index contributed by atoms with van der Waals surface area (Å²) in [5.41, 5.74) is 0.905. The quantitative estimate of drug-likeness (QED) is 0.602. The Kier molecular flexibility index (Phi) is 5.17. The summed E-state index contributed by atoms with van der Waals surface area (Å²) < 4.78 is 11.6. The molecule has 1 aliphatic heterocycles. The van der Waals surface area contributed by atoms with Gasteiger partial charge in [0, 0.05) is 22.6 Å². The summed E-state index contributed by atoms with van der Waals surface area (Å²) in [4.78, 5) is 13.4. The Bertz CT molecular complexity index is 1060. The third kappa shape index (κ3) is 3.32. The second-order valence-electron chi connectivity index (χ2n) is 8.58. The summed E-state index contributed by atoms with van der Waals surface area (Å²) in [7, 11) is 1.75. The fourth-order valence-corrected chi connectivity index (χ4v) is 6.33. The van der Waals surface area contributed by atoms with Gasteiger partial charge in [-0.2, -0.15) is 0 Å². The molecule has 8 heteroatoms. The number of hydrogen-bond acceptors (Lipinski definition) is 4. The zero-order chi connectivity index (χ0) is 21.8. The first-order valence-corrected chi connectivity index (χ1v) is 11.5. The second kappa shape index (κ2) is 7.62. The van der Waals surface area contributed by atoms with Crippen LogP contribution in [-0.4, -0.2) is 24.2 Å². The number of fused-ring (bicyclic) bond motifs is 3. The van der Waals surface area contributed by atoms with Crippen LogP contribution in [0.25, 0.3) is 0 Å². The molecule has 2 aromatic rings. The first-order valence-electron chi connectivity index (χ1n) is 10.3. The number of thiocarbonyl (C=S) groups is 1. The Hall–Kier alpha value is -1.86. The lowest BCUT2D eigenvalue weighted by Gasteiger charge is -2.46. The number of hydrogen-bond donors (Lipinski definition) is 2. The van der Waals surface area contributed by atoms with Crippen LogP contribution in [0.5, 0.6) is 11.5 Å². The summed E-state index contributed by atoms with van der Waals surface area (Å²) in [5, 5.41) is 7.58. The van der Waals surface area contributed by atoms with E-state index in [0.717, 1.165) is 43.2 Å². The highest BCUT2D eigenvalue weighted by Crippen LogP contribution is 2.59. The highest BCUT2D eigenvalue weighted by atomic mass is 35.5. The average Bonchev–Trinajstić information content (AvgIpc) is 3.16. The van der Waals surface area contributed by atoms with Crippen molar-refractivity contribution < 1.29 is 14.3 Å². The molecule has 1 amide bonds. The lowest BCUT2D eigenvalue weighted by atomic mass is 9.61. The number of halogens is 2. The minimum absolute atomic E-state index is 0.0879. The molecule has 1 saturated heterocycles. The largest absolute Gasteiger partial charge is 0.457 e. The maximum absolute atomic E-state index is 13.4. The second-order valence-corrected chi connectivity index (χ2v) is 9.86. The van der Waals surface area contributed by atoms with Crippen LogP contribution in [-0.2, 0) is 21.5 Å². The molecule has 162 valence electrons. The van der Waals surface area contributed by atoms with E-state index < -0.39 is 5.54 Å². The minimum atomic E-state index is -0.899. The van der Waals surface area contributed by atoms with E-state index in [2.05, 4.69) is 10.6 Å². The molecule has 2 N–H and O–H groups in total. The molecule has 2 aromatic carbocycles. The molecular weight excluding hydrogens is 455 g/mol. The lowest BCUT2D eigenvalue weighted by molar-refractivity contribution is -0.131. The van der Waals surface area contributed by atoms with Crippen LogP contribution >= 0.6 is 35.4 Å². The van der Waals surface area contributed by atoms with E-state index in [1.54, 1.807) is 25.3 Å². The van der Waals surface area contributed by atoms with Crippen molar-refractivity contribution >= 4 is 46.4 Å². The maximum Gasteiger partial charge on any atom is 0.257 e. The summed E-state index contributed by atoms with van der Waals surface area (Å²) in [6.45, 7) is 0. The van der Waals surface area contributed by atoms with Gasteiger partial charge >= 0.3 is 0 Å². The number of rotatable bonds is 3. The number of benzene rings is 2. The molecule has 2 aliphatic carbocycles. The number of carbonyl (C=O) groups is 1. The number of nitrogens with one attached hydrogen (secondary N) is 2. The Balaban J connectivity index is 1.56. The Morgan fingerprint density at radius 2 is 1.77 bits per heavy atom. The molecule has 0 radical (unpaired) electrons. The first kappa shape index (κ1) is 21.0. The molecule has 3 aliphatic rings. The van der Waals surface area contributed by atoms with E-state index in [4.69, 9.17) is 44.9 Å². The van der Waals surface area contributed by atoms with Crippen molar-refractivity contribution in [1.82, 2.24) is 10.6 Å². The molecule has 1 heterocycles. The van der Waals surface area contributed by atoms with Gasteiger partial charge in [0.05, 0.1) is 6.10 Å². The van der Waals surface area contributed by atoms with Crippen molar-refractivity contribution in [3.05, 3.63) is 57.6 Å². The molecule has 0 aromatic heterocycles. The Morgan fingerprint density at radius 3 is 2.39 bits per heavy atom. The molecule has 2 fully saturated rings. The van der Waals surface area contributed by atoms with Crippen LogP contribution in [0.1, 0.15) is 36.8 Å². The topological polar surface area (TPSA) is 59.6 Å². The molecule has 1 atom stereocenters. The summed E-state index contributed by atoms with van der Waals surface area (Å²) >= 11 is 17.6. The predicted octanol–water partition coefficient (Wildman–Crippen LogP) is 5.12. The minimum Gasteiger partial charge on any atom is -0.457 e. The van der Waals surface area contributed by atoms with Crippen molar-refractivity contribution in [2.24, 2.45) is 5.41 Å². The Labute approximate surface area is 196 Å². The van der Waals surface area contributed by atoms with Gasteiger partial charge in [-0.05, 0) is 85.8 Å². The summed E-state index contributed by atoms with van der Waals surface area (Å²) in [6, 6.07) is 11.0. The van der Waals surface area contributed by atoms with Gasteiger partial charge in [-0.3, -0.25) is 4.79 Å². The number of amides is 1. The van der Waals surface area contributed by atoms with Gasteiger partial charge in [0.1, 0.15) is 11.5 Å². The first-order chi connectivity index (χ1) is 14.8. The summed E-state index contributed by atoms with van der Waals surface area (Å²) in [6.07, 6.45) is 4.63. The van der Waals surface area contributed by atoms with Crippen molar-refractivity contribution in [3.8, 4) is 11.5 Å². The predicted molar refractivity (Wildman–Crippen MR) is 124 cm³/mol. The van der Waals surface area contributed by atoms with Crippen molar-refractivity contribution in [2.75, 3.05) is 7.11 Å².